The van der Waals surface area contributed by atoms with Crippen molar-refractivity contribution in [3.8, 4) is 0 Å². The molecular weight excluding hydrogens is 468 g/mol. The number of amides is 4. The average molecular weight is 507 g/mol. The predicted octanol–water partition coefficient (Wildman–Crippen LogP) is 4.67. The molecule has 2 aromatic carbocycles. The summed E-state index contributed by atoms with van der Waals surface area (Å²) in [5, 5.41) is 15.5. The number of carboxylic acids is 1. The smallest absolute Gasteiger partial charge is 0.322 e. The van der Waals surface area contributed by atoms with E-state index in [1.165, 1.54) is 11.1 Å². The Hall–Kier alpha value is -3.55. The molecule has 2 aliphatic rings. The maximum atomic E-state index is 12.8. The third kappa shape index (κ3) is 6.42. The topological polar surface area (TPSA) is 102 Å². The number of nitrogens with zero attached hydrogens (tertiary/aromatic N) is 2. The number of benzene rings is 2. The fourth-order valence-corrected chi connectivity index (χ4v) is 5.38. The Bertz CT molecular complexity index is 1130. The molecule has 1 atom stereocenters. The molecule has 1 unspecified atom stereocenters. The summed E-state index contributed by atoms with van der Waals surface area (Å²) in [5.41, 5.74) is 5.74. The standard InChI is InChI=1S/C29H38N4O4/c1-3-21-11-9-20(17-22(21)4-2)10-12-23(27(34)35)18-30-28(36)32-15-13-25(14-16-32)33-19-24-7-5-6-8-26(24)31-29(33)37/h5-9,11,17,23,25H,3-4,10,12-16,18-19H2,1-2H3,(H,30,36)(H,31,37)(H,34,35). The second-order valence-corrected chi connectivity index (χ2v) is 10.0. The van der Waals surface area contributed by atoms with E-state index in [4.69, 9.17) is 0 Å². The van der Waals surface area contributed by atoms with Gasteiger partial charge < -0.3 is 25.5 Å². The lowest BCUT2D eigenvalue weighted by molar-refractivity contribution is -0.141. The minimum atomic E-state index is -0.892. The first-order valence-corrected chi connectivity index (χ1v) is 13.4. The highest BCUT2D eigenvalue weighted by atomic mass is 16.4. The highest BCUT2D eigenvalue weighted by Crippen LogP contribution is 2.27. The number of para-hydroxylation sites is 1. The largest absolute Gasteiger partial charge is 0.481 e. The maximum absolute atomic E-state index is 12.8. The maximum Gasteiger partial charge on any atom is 0.322 e. The van der Waals surface area contributed by atoms with Crippen LogP contribution in [0.25, 0.3) is 0 Å². The van der Waals surface area contributed by atoms with Gasteiger partial charge in [-0.15, -0.1) is 0 Å². The van der Waals surface area contributed by atoms with Crippen LogP contribution < -0.4 is 10.6 Å². The molecule has 2 heterocycles. The summed E-state index contributed by atoms with van der Waals surface area (Å²) in [5.74, 6) is -1.54. The molecule has 4 amide bonds. The van der Waals surface area contributed by atoms with Crippen molar-refractivity contribution in [2.75, 3.05) is 25.0 Å². The molecule has 8 heteroatoms. The van der Waals surface area contributed by atoms with Gasteiger partial charge in [0.15, 0.2) is 0 Å². The van der Waals surface area contributed by atoms with E-state index < -0.39 is 11.9 Å². The number of piperidine rings is 1. The van der Waals surface area contributed by atoms with Gasteiger partial charge >= 0.3 is 18.0 Å². The van der Waals surface area contributed by atoms with Crippen LogP contribution in [0.1, 0.15) is 55.4 Å². The number of fused-ring (bicyclic) bond motifs is 1. The minimum absolute atomic E-state index is 0.0660. The van der Waals surface area contributed by atoms with Gasteiger partial charge in [0.25, 0.3) is 0 Å². The number of urea groups is 2. The summed E-state index contributed by atoms with van der Waals surface area (Å²) in [6.07, 6.45) is 4.47. The van der Waals surface area contributed by atoms with Crippen molar-refractivity contribution in [3.05, 3.63) is 64.7 Å². The number of aryl methyl sites for hydroxylation is 3. The van der Waals surface area contributed by atoms with Gasteiger partial charge in [0, 0.05) is 37.9 Å². The zero-order valence-corrected chi connectivity index (χ0v) is 21.8. The average Bonchev–Trinajstić information content (AvgIpc) is 2.92. The normalized spacial score (nSPS) is 16.6. The number of rotatable bonds is 9. The third-order valence-electron chi connectivity index (χ3n) is 7.72. The van der Waals surface area contributed by atoms with Gasteiger partial charge in [0.1, 0.15) is 0 Å². The highest BCUT2D eigenvalue weighted by Gasteiger charge is 2.32. The van der Waals surface area contributed by atoms with Crippen molar-refractivity contribution in [2.45, 2.75) is 65.0 Å². The summed E-state index contributed by atoms with van der Waals surface area (Å²) < 4.78 is 0. The summed E-state index contributed by atoms with van der Waals surface area (Å²) in [4.78, 5) is 40.8. The van der Waals surface area contributed by atoms with Gasteiger partial charge in [0.2, 0.25) is 0 Å². The predicted molar refractivity (Wildman–Crippen MR) is 144 cm³/mol. The first-order chi connectivity index (χ1) is 17.9. The summed E-state index contributed by atoms with van der Waals surface area (Å²) in [6.45, 7) is 6.01. The third-order valence-corrected chi connectivity index (χ3v) is 7.72. The van der Waals surface area contributed by atoms with Crippen molar-refractivity contribution in [1.29, 1.82) is 0 Å². The van der Waals surface area contributed by atoms with E-state index >= 15 is 0 Å². The fourth-order valence-electron chi connectivity index (χ4n) is 5.38. The van der Waals surface area contributed by atoms with E-state index in [0.29, 0.717) is 45.3 Å². The Morgan fingerprint density at radius 2 is 1.81 bits per heavy atom. The Kier molecular flexibility index (Phi) is 8.69. The van der Waals surface area contributed by atoms with Crippen LogP contribution in [-0.4, -0.2) is 58.6 Å². The number of carbonyl (C=O) groups is 3. The molecule has 37 heavy (non-hydrogen) atoms. The van der Waals surface area contributed by atoms with Gasteiger partial charge in [-0.1, -0.05) is 50.2 Å². The summed E-state index contributed by atoms with van der Waals surface area (Å²) >= 11 is 0. The van der Waals surface area contributed by atoms with Crippen molar-refractivity contribution in [2.24, 2.45) is 5.92 Å². The van der Waals surface area contributed by atoms with Crippen molar-refractivity contribution in [3.63, 3.8) is 0 Å². The molecule has 0 saturated carbocycles. The van der Waals surface area contributed by atoms with Crippen molar-refractivity contribution < 1.29 is 19.5 Å². The Labute approximate surface area is 219 Å². The van der Waals surface area contributed by atoms with Crippen molar-refractivity contribution in [1.82, 2.24) is 15.1 Å². The van der Waals surface area contributed by atoms with E-state index in [9.17, 15) is 19.5 Å². The van der Waals surface area contributed by atoms with Crippen LogP contribution in [0.5, 0.6) is 0 Å². The highest BCUT2D eigenvalue weighted by molar-refractivity contribution is 5.92. The lowest BCUT2D eigenvalue weighted by atomic mass is 9.95. The molecule has 0 radical (unpaired) electrons. The number of likely N-dealkylation sites (tertiary alicyclic amines) is 1. The fraction of sp³-hybridized carbons (Fsp3) is 0.483. The number of hydrogen-bond donors (Lipinski definition) is 3. The van der Waals surface area contributed by atoms with E-state index in [2.05, 4.69) is 42.7 Å². The Balaban J connectivity index is 1.25. The molecular formula is C29H38N4O4. The van der Waals surface area contributed by atoms with Crippen LogP contribution >= 0.6 is 0 Å². The number of nitrogens with one attached hydrogen (secondary N) is 2. The van der Waals surface area contributed by atoms with Crippen LogP contribution in [0.3, 0.4) is 0 Å². The molecule has 198 valence electrons. The van der Waals surface area contributed by atoms with Gasteiger partial charge in [-0.3, -0.25) is 4.79 Å². The second kappa shape index (κ2) is 12.1. The first kappa shape index (κ1) is 26.5. The summed E-state index contributed by atoms with van der Waals surface area (Å²) in [7, 11) is 0. The minimum Gasteiger partial charge on any atom is -0.481 e. The van der Waals surface area contributed by atoms with Crippen LogP contribution in [0.2, 0.25) is 0 Å². The molecule has 0 aliphatic carbocycles. The zero-order valence-electron chi connectivity index (χ0n) is 21.8. The molecule has 0 bridgehead atoms. The molecule has 2 aromatic rings. The first-order valence-electron chi connectivity index (χ1n) is 13.4. The number of aliphatic carboxylic acids is 1. The molecule has 1 fully saturated rings. The van der Waals surface area contributed by atoms with Crippen LogP contribution in [0.15, 0.2) is 42.5 Å². The van der Waals surface area contributed by atoms with E-state index in [-0.39, 0.29) is 24.6 Å². The molecule has 8 nitrogen and oxygen atoms in total. The SMILES string of the molecule is CCc1ccc(CCC(CNC(=O)N2CCC(N3Cc4ccccc4NC3=O)CC2)C(=O)O)cc1CC. The summed E-state index contributed by atoms with van der Waals surface area (Å²) in [6, 6.07) is 13.9. The number of hydrogen-bond acceptors (Lipinski definition) is 3. The molecule has 1 saturated heterocycles. The van der Waals surface area contributed by atoms with Crippen LogP contribution in [0.4, 0.5) is 15.3 Å². The van der Waals surface area contributed by atoms with Gasteiger partial charge in [0.05, 0.1) is 5.92 Å². The number of anilines is 1. The second-order valence-electron chi connectivity index (χ2n) is 10.0. The quantitative estimate of drug-likeness (QED) is 0.460. The Morgan fingerprint density at radius 1 is 1.08 bits per heavy atom. The molecule has 3 N–H and O–H groups in total. The molecule has 0 spiro atoms. The van der Waals surface area contributed by atoms with Gasteiger partial charge in [-0.05, 0) is 66.8 Å². The Morgan fingerprint density at radius 3 is 2.51 bits per heavy atom. The van der Waals surface area contributed by atoms with Gasteiger partial charge in [-0.2, -0.15) is 0 Å². The van der Waals surface area contributed by atoms with Crippen molar-refractivity contribution >= 4 is 23.7 Å². The number of carbonyl (C=O) groups excluding carboxylic acids is 2. The van der Waals surface area contributed by atoms with E-state index in [1.54, 1.807) is 4.90 Å². The van der Waals surface area contributed by atoms with E-state index in [0.717, 1.165) is 29.7 Å². The number of carboxylic acid groups (broad SMARTS) is 1. The monoisotopic (exact) mass is 506 g/mol. The van der Waals surface area contributed by atoms with Crippen LogP contribution in [-0.2, 0) is 30.6 Å². The lowest BCUT2D eigenvalue weighted by Gasteiger charge is -2.40. The van der Waals surface area contributed by atoms with E-state index in [1.807, 2.05) is 29.2 Å². The molecule has 4 rings (SSSR count). The van der Waals surface area contributed by atoms with Gasteiger partial charge in [-0.25, -0.2) is 9.59 Å². The lowest BCUT2D eigenvalue weighted by Crippen LogP contribution is -2.53. The molecule has 0 aromatic heterocycles. The zero-order chi connectivity index (χ0) is 26.4. The van der Waals surface area contributed by atoms with Crippen LogP contribution in [0, 0.1) is 5.92 Å². The molecule has 2 aliphatic heterocycles.